The fourth-order valence-electron chi connectivity index (χ4n) is 1.68. The van der Waals surface area contributed by atoms with E-state index in [0.717, 1.165) is 12.0 Å². The molecule has 0 amide bonds. The molecule has 2 N–H and O–H groups in total. The Balaban J connectivity index is 2.83. The van der Waals surface area contributed by atoms with Gasteiger partial charge in [-0.05, 0) is 24.4 Å². The van der Waals surface area contributed by atoms with Gasteiger partial charge in [0.05, 0.1) is 0 Å². The quantitative estimate of drug-likeness (QED) is 0.816. The number of hydrogen-bond donors (Lipinski definition) is 1. The molecule has 1 aromatic rings. The number of rotatable bonds is 5. The molecule has 0 aliphatic heterocycles. The van der Waals surface area contributed by atoms with Crippen LogP contribution in [0.2, 0.25) is 0 Å². The minimum Gasteiger partial charge on any atom is -0.330 e. The van der Waals surface area contributed by atoms with E-state index in [0.29, 0.717) is 12.5 Å². The molecule has 16 heavy (non-hydrogen) atoms. The lowest BCUT2D eigenvalue weighted by molar-refractivity contribution is -0.00830. The van der Waals surface area contributed by atoms with E-state index in [1.165, 1.54) is 19.1 Å². The van der Waals surface area contributed by atoms with Crippen molar-refractivity contribution in [3.05, 3.63) is 35.4 Å². The topological polar surface area (TPSA) is 26.0 Å². The van der Waals surface area contributed by atoms with Crippen LogP contribution in [0.1, 0.15) is 43.7 Å². The Morgan fingerprint density at radius 1 is 1.25 bits per heavy atom. The second kappa shape index (κ2) is 5.39. The molecule has 1 atom stereocenters. The fraction of sp³-hybridized carbons (Fsp3) is 0.538. The Labute approximate surface area is 95.7 Å². The molecule has 0 saturated carbocycles. The van der Waals surface area contributed by atoms with Gasteiger partial charge in [-0.25, -0.2) is 8.78 Å². The van der Waals surface area contributed by atoms with Crippen LogP contribution >= 0.6 is 0 Å². The van der Waals surface area contributed by atoms with Crippen molar-refractivity contribution >= 4 is 0 Å². The molecule has 1 rings (SSSR count). The van der Waals surface area contributed by atoms with E-state index in [1.807, 2.05) is 0 Å². The summed E-state index contributed by atoms with van der Waals surface area (Å²) < 4.78 is 26.7. The Hall–Kier alpha value is -0.960. The summed E-state index contributed by atoms with van der Waals surface area (Å²) in [5, 5.41) is 0. The van der Waals surface area contributed by atoms with Crippen molar-refractivity contribution in [1.82, 2.24) is 0 Å². The Bertz CT molecular complexity index is 319. The Morgan fingerprint density at radius 3 is 2.25 bits per heavy atom. The van der Waals surface area contributed by atoms with E-state index >= 15 is 0 Å². The molecule has 1 aromatic carbocycles. The van der Waals surface area contributed by atoms with Crippen LogP contribution in [0, 0.1) is 0 Å². The molecule has 0 aliphatic rings. The van der Waals surface area contributed by atoms with Crippen molar-refractivity contribution < 1.29 is 8.78 Å². The first-order valence-corrected chi connectivity index (χ1v) is 5.69. The fourth-order valence-corrected chi connectivity index (χ4v) is 1.68. The third kappa shape index (κ3) is 3.01. The van der Waals surface area contributed by atoms with E-state index in [4.69, 9.17) is 5.73 Å². The maximum absolute atomic E-state index is 13.3. The minimum atomic E-state index is -2.71. The summed E-state index contributed by atoms with van der Waals surface area (Å²) in [5.41, 5.74) is 6.63. The first-order valence-electron chi connectivity index (χ1n) is 5.69. The van der Waals surface area contributed by atoms with Gasteiger partial charge in [-0.15, -0.1) is 0 Å². The van der Waals surface area contributed by atoms with Crippen LogP contribution in [-0.4, -0.2) is 6.54 Å². The lowest BCUT2D eigenvalue weighted by Crippen LogP contribution is -2.11. The maximum Gasteiger partial charge on any atom is 0.273 e. The van der Waals surface area contributed by atoms with Crippen LogP contribution in [0.4, 0.5) is 8.78 Å². The van der Waals surface area contributed by atoms with Gasteiger partial charge >= 0.3 is 0 Å². The van der Waals surface area contributed by atoms with Gasteiger partial charge in [-0.3, -0.25) is 0 Å². The third-order valence-electron chi connectivity index (χ3n) is 2.95. The van der Waals surface area contributed by atoms with Crippen LogP contribution in [0.25, 0.3) is 0 Å². The van der Waals surface area contributed by atoms with Gasteiger partial charge in [0.1, 0.15) is 0 Å². The largest absolute Gasteiger partial charge is 0.330 e. The summed E-state index contributed by atoms with van der Waals surface area (Å²) in [6, 6.07) is 6.59. The molecule has 0 fully saturated rings. The van der Waals surface area contributed by atoms with Crippen LogP contribution in [0.15, 0.2) is 24.3 Å². The molecule has 0 heterocycles. The van der Waals surface area contributed by atoms with Crippen molar-refractivity contribution in [3.8, 4) is 0 Å². The van der Waals surface area contributed by atoms with E-state index in [2.05, 4.69) is 6.92 Å². The second-order valence-electron chi connectivity index (χ2n) is 4.16. The predicted molar refractivity (Wildman–Crippen MR) is 62.7 cm³/mol. The number of alkyl halides is 2. The van der Waals surface area contributed by atoms with Crippen molar-refractivity contribution in [2.45, 2.75) is 38.5 Å². The summed E-state index contributed by atoms with van der Waals surface area (Å²) in [6.45, 7) is 4.17. The lowest BCUT2D eigenvalue weighted by atomic mass is 9.95. The molecular weight excluding hydrogens is 208 g/mol. The van der Waals surface area contributed by atoms with E-state index in [1.54, 1.807) is 12.1 Å². The molecule has 0 radical (unpaired) electrons. The van der Waals surface area contributed by atoms with Gasteiger partial charge in [-0.1, -0.05) is 38.1 Å². The summed E-state index contributed by atoms with van der Waals surface area (Å²) in [7, 11) is 0. The average Bonchev–Trinajstić information content (AvgIpc) is 2.29. The number of benzene rings is 1. The normalized spacial score (nSPS) is 13.8. The zero-order valence-corrected chi connectivity index (χ0v) is 9.84. The first kappa shape index (κ1) is 13.1. The van der Waals surface area contributed by atoms with Crippen molar-refractivity contribution in [3.63, 3.8) is 0 Å². The molecule has 1 unspecified atom stereocenters. The first-order chi connectivity index (χ1) is 7.51. The summed E-state index contributed by atoms with van der Waals surface area (Å²) in [6.07, 6.45) is 0.716. The summed E-state index contributed by atoms with van der Waals surface area (Å²) >= 11 is 0. The van der Waals surface area contributed by atoms with Gasteiger partial charge in [0.2, 0.25) is 0 Å². The molecule has 0 spiro atoms. The van der Waals surface area contributed by atoms with Crippen molar-refractivity contribution in [2.75, 3.05) is 6.54 Å². The minimum absolute atomic E-state index is 0.0960. The second-order valence-corrected chi connectivity index (χ2v) is 4.16. The highest BCUT2D eigenvalue weighted by Gasteiger charge is 2.28. The number of halogens is 2. The molecule has 90 valence electrons. The van der Waals surface area contributed by atoms with Crippen LogP contribution in [-0.2, 0) is 5.92 Å². The summed E-state index contributed by atoms with van der Waals surface area (Å²) in [4.78, 5) is 0. The monoisotopic (exact) mass is 227 g/mol. The van der Waals surface area contributed by atoms with Gasteiger partial charge in [0, 0.05) is 12.0 Å². The number of hydrogen-bond acceptors (Lipinski definition) is 1. The third-order valence-corrected chi connectivity index (χ3v) is 2.95. The highest BCUT2D eigenvalue weighted by atomic mass is 19.3. The summed E-state index contributed by atoms with van der Waals surface area (Å²) in [5.74, 6) is -2.38. The molecule has 3 heteroatoms. The highest BCUT2D eigenvalue weighted by molar-refractivity contribution is 5.27. The van der Waals surface area contributed by atoms with Gasteiger partial charge in [-0.2, -0.15) is 0 Å². The molecule has 0 saturated heterocycles. The smallest absolute Gasteiger partial charge is 0.273 e. The zero-order chi connectivity index (χ0) is 12.2. The average molecular weight is 227 g/mol. The van der Waals surface area contributed by atoms with E-state index < -0.39 is 5.92 Å². The van der Waals surface area contributed by atoms with Crippen LogP contribution in [0.5, 0.6) is 0 Å². The van der Waals surface area contributed by atoms with E-state index in [9.17, 15) is 8.78 Å². The van der Waals surface area contributed by atoms with Gasteiger partial charge < -0.3 is 5.73 Å². The number of nitrogens with two attached hydrogens (primary N) is 1. The van der Waals surface area contributed by atoms with Gasteiger partial charge in [0.15, 0.2) is 0 Å². The standard InChI is InChI=1S/C13H19F2N/c1-3-13(14,15)12-6-4-11(5-7-12)10(2)8-9-16/h4-7,10H,3,8-9,16H2,1-2H3. The van der Waals surface area contributed by atoms with E-state index in [-0.39, 0.29) is 12.0 Å². The molecule has 1 nitrogen and oxygen atoms in total. The molecular formula is C13H19F2N. The van der Waals surface area contributed by atoms with Gasteiger partial charge in [0.25, 0.3) is 5.92 Å². The lowest BCUT2D eigenvalue weighted by Gasteiger charge is -2.16. The van der Waals surface area contributed by atoms with Crippen molar-refractivity contribution in [1.29, 1.82) is 0 Å². The zero-order valence-electron chi connectivity index (χ0n) is 9.84. The predicted octanol–water partition coefficient (Wildman–Crippen LogP) is 3.64. The van der Waals surface area contributed by atoms with Crippen LogP contribution < -0.4 is 5.73 Å². The van der Waals surface area contributed by atoms with Crippen LogP contribution in [0.3, 0.4) is 0 Å². The van der Waals surface area contributed by atoms with Crippen molar-refractivity contribution in [2.24, 2.45) is 5.73 Å². The maximum atomic E-state index is 13.3. The highest BCUT2D eigenvalue weighted by Crippen LogP contribution is 2.32. The molecule has 0 bridgehead atoms. The Kier molecular flexibility index (Phi) is 4.42. The molecule has 0 aromatic heterocycles. The SMILES string of the molecule is CCC(F)(F)c1ccc(C(C)CCN)cc1. The molecule has 0 aliphatic carbocycles. The Morgan fingerprint density at radius 2 is 1.81 bits per heavy atom.